The number of nitrogens with one attached hydrogen (secondary N) is 3. The van der Waals surface area contributed by atoms with Gasteiger partial charge in [0.15, 0.2) is 10.1 Å². The van der Waals surface area contributed by atoms with Crippen LogP contribution >= 0.6 is 0 Å². The lowest BCUT2D eigenvalue weighted by molar-refractivity contribution is 0.0972. The minimum atomic E-state index is -4.29. The number of nitrogen functional groups attached to an aromatic ring is 3. The number of hydrogen-bond donors (Lipinski definition) is 7. The number of benzene rings is 2. The Labute approximate surface area is 666 Å². The van der Waals surface area contributed by atoms with Crippen LogP contribution in [0.25, 0.3) is 33.8 Å². The van der Waals surface area contributed by atoms with Gasteiger partial charge in [0.25, 0.3) is 47.8 Å². The molecule has 0 bridgehead atoms. The van der Waals surface area contributed by atoms with Crippen molar-refractivity contribution in [1.82, 2.24) is 49.1 Å². The van der Waals surface area contributed by atoms with Crippen molar-refractivity contribution in [3.63, 3.8) is 0 Å². The number of aryl methyl sites for hydroxylation is 1. The fraction of sp³-hybridized carbons (Fsp3) is 0.390. The highest BCUT2D eigenvalue weighted by atomic mass is 32.2. The van der Waals surface area contributed by atoms with Gasteiger partial charge < -0.3 is 46.6 Å². The van der Waals surface area contributed by atoms with Crippen LogP contribution in [0.1, 0.15) is 157 Å². The normalized spacial score (nSPS) is 17.4. The molecule has 13 rings (SSSR count). The number of nitrogens with zero attached hydrogens (tertiary/aromatic N) is 11. The molecule has 10 N–H and O–H groups in total. The SMILES string of the molecule is CC(C)COc1cc(F)cc(-c2ccc(C(=O)NS(=O)(=O)c3cccc(N)n3)c(N3CC(C)CC34CCC4)n2)c1.CCN(CC)c1cc(-c2ccc(C(=O)NS(=O)(=O)c3cccc(N)n3)c(N3C[C@@H](C)CC3(C)C)n2)cc(C)n1.C[C@@H]1CN(c2nc(-c3cccc(CO)c3)ccc2C(=O)NS(=O)(=O)c2cccnc2N)C(C)(C)C1. The Kier molecular flexibility index (Phi) is 25.0. The second-order valence-electron chi connectivity index (χ2n) is 31.4. The van der Waals surface area contributed by atoms with Gasteiger partial charge in [0.05, 0.1) is 47.0 Å². The molecule has 3 amide bonds. The summed E-state index contributed by atoms with van der Waals surface area (Å²) in [6.07, 6.45) is 7.13. The van der Waals surface area contributed by atoms with Crippen molar-refractivity contribution in [1.29, 1.82) is 0 Å². The number of hydrogen-bond acceptors (Lipinski definition) is 25. The minimum absolute atomic E-state index is 0.0202. The Morgan fingerprint density at radius 3 is 1.50 bits per heavy atom. The van der Waals surface area contributed by atoms with E-state index in [0.29, 0.717) is 89.8 Å². The summed E-state index contributed by atoms with van der Waals surface area (Å²) >= 11 is 0. The summed E-state index contributed by atoms with van der Waals surface area (Å²) in [6, 6.07) is 36.7. The van der Waals surface area contributed by atoms with Crippen LogP contribution < -0.4 is 55.7 Å². The van der Waals surface area contributed by atoms with E-state index in [0.717, 1.165) is 79.8 Å². The summed E-state index contributed by atoms with van der Waals surface area (Å²) in [5.74, 6) is 0.831. The van der Waals surface area contributed by atoms with E-state index in [2.05, 4.69) is 111 Å². The fourth-order valence-electron chi connectivity index (χ4n) is 15.5. The fourth-order valence-corrected chi connectivity index (χ4v) is 18.4. The molecule has 28 nitrogen and oxygen atoms in total. The number of aromatic nitrogens is 7. The van der Waals surface area contributed by atoms with Crippen LogP contribution in [0.4, 0.5) is 45.1 Å². The summed E-state index contributed by atoms with van der Waals surface area (Å²) in [5, 5.41) is 8.84. The van der Waals surface area contributed by atoms with Gasteiger partial charge in [-0.3, -0.25) is 14.4 Å². The van der Waals surface area contributed by atoms with E-state index in [1.165, 1.54) is 66.9 Å². The third-order valence-corrected chi connectivity index (χ3v) is 24.5. The van der Waals surface area contributed by atoms with E-state index in [1.54, 1.807) is 42.5 Å². The number of amides is 3. The van der Waals surface area contributed by atoms with Gasteiger partial charge in [-0.15, -0.1) is 0 Å². The third kappa shape index (κ3) is 19.1. The highest BCUT2D eigenvalue weighted by Crippen LogP contribution is 2.50. The minimum Gasteiger partial charge on any atom is -0.493 e. The number of pyridine rings is 7. The van der Waals surface area contributed by atoms with Crippen molar-refractivity contribution in [2.24, 2.45) is 23.7 Å². The Bertz CT molecular complexity index is 5460. The topological polar surface area (TPSA) is 400 Å². The molecular formula is C82H100FN17O11S3. The van der Waals surface area contributed by atoms with Crippen LogP contribution in [0.2, 0.25) is 0 Å². The molecule has 3 atom stereocenters. The van der Waals surface area contributed by atoms with Crippen molar-refractivity contribution < 1.29 is 53.9 Å². The molecule has 7 aromatic heterocycles. The number of sulfonamides is 3. The second-order valence-corrected chi connectivity index (χ2v) is 36.3. The largest absolute Gasteiger partial charge is 0.493 e. The number of rotatable bonds is 22. The van der Waals surface area contributed by atoms with Crippen molar-refractivity contribution in [3.8, 4) is 39.5 Å². The van der Waals surface area contributed by atoms with Gasteiger partial charge in [0.1, 0.15) is 57.2 Å². The number of ether oxygens (including phenoxy) is 1. The van der Waals surface area contributed by atoms with E-state index in [4.69, 9.17) is 41.9 Å². The summed E-state index contributed by atoms with van der Waals surface area (Å²) in [5.41, 5.74) is 22.3. The molecule has 1 spiro atoms. The Morgan fingerprint density at radius 2 is 1.04 bits per heavy atom. The van der Waals surface area contributed by atoms with Crippen LogP contribution in [-0.2, 0) is 36.7 Å². The summed E-state index contributed by atoms with van der Waals surface area (Å²) in [4.78, 5) is 79.4. The number of aliphatic hydroxyl groups is 1. The van der Waals surface area contributed by atoms with E-state index in [9.17, 15) is 49.1 Å². The summed E-state index contributed by atoms with van der Waals surface area (Å²) in [7, 11) is -12.8. The number of anilines is 7. The molecule has 10 heterocycles. The van der Waals surface area contributed by atoms with Crippen LogP contribution in [0.3, 0.4) is 0 Å². The maximum Gasteiger partial charge on any atom is 0.281 e. The zero-order valence-electron chi connectivity index (χ0n) is 66.1. The average Bonchev–Trinajstić information content (AvgIpc) is 1.57. The third-order valence-electron chi connectivity index (χ3n) is 20.6. The van der Waals surface area contributed by atoms with Gasteiger partial charge in [-0.05, 0) is 219 Å². The first kappa shape index (κ1) is 84.0. The van der Waals surface area contributed by atoms with Gasteiger partial charge in [-0.25, -0.2) is 61.9 Å². The molecule has 3 saturated heterocycles. The van der Waals surface area contributed by atoms with Gasteiger partial charge in [-0.2, -0.15) is 16.8 Å². The molecule has 4 aliphatic rings. The lowest BCUT2D eigenvalue weighted by Gasteiger charge is -2.47. The summed E-state index contributed by atoms with van der Waals surface area (Å²) in [6.45, 7) is 28.9. The first-order chi connectivity index (χ1) is 53.8. The monoisotopic (exact) mass is 1610 g/mol. The Balaban J connectivity index is 0.000000169. The molecule has 1 aliphatic carbocycles. The van der Waals surface area contributed by atoms with Gasteiger partial charge in [-0.1, -0.05) is 65.0 Å². The molecule has 32 heteroatoms. The standard InChI is InChI=1S/C29H34FN5O4S.C28H37N7O3S.C25H29N5O4S/c1-18(2)17-39-22-13-20(12-21(30)14-22)24-9-8-23(27(32-24)35-16-19(3)15-29(35)10-5-11-29)28(36)34-40(37,38)26-7-4-6-25(31)33-26;1-7-34(8-2)24-15-20(14-19(4)30-24)22-13-12-21(26(31-22)35-17-18(3)16-28(35,5)6)27(36)33-39(37,38)25-11-9-10-23(29)32-25;1-16-13-25(2,3)30(14-16)23-19(9-10-20(28-23)18-7-4-6-17(12-18)15-31)24(32)29-35(33,34)21-8-5-11-27-22(21)26/h4,6-9,12-14,18-19H,5,10-11,15-17H2,1-3H3,(H2,31,33)(H,34,36);9-15,18H,7-8,16-17H2,1-6H3,(H2,29,32)(H,33,36);4-12,16,31H,13-15H2,1-3H3,(H2,26,27)(H,29,32)/t;18-;16-/m.00/s1. The number of nitrogens with two attached hydrogens (primary N) is 3. The molecule has 0 radical (unpaired) electrons. The molecule has 114 heavy (non-hydrogen) atoms. The first-order valence-electron chi connectivity index (χ1n) is 37.9. The van der Waals surface area contributed by atoms with Crippen LogP contribution in [0, 0.1) is 36.4 Å². The van der Waals surface area contributed by atoms with E-state index in [-0.39, 0.29) is 78.2 Å². The first-order valence-corrected chi connectivity index (χ1v) is 42.4. The number of carbonyl (C=O) groups is 3. The Morgan fingerprint density at radius 1 is 0.570 bits per heavy atom. The highest BCUT2D eigenvalue weighted by Gasteiger charge is 2.50. The molecule has 9 aromatic rings. The predicted octanol–water partition coefficient (Wildman–Crippen LogP) is 11.8. The quantitative estimate of drug-likeness (QED) is 0.0331. The van der Waals surface area contributed by atoms with Crippen LogP contribution in [0.5, 0.6) is 5.75 Å². The molecular weight excluding hydrogens is 1510 g/mol. The van der Waals surface area contributed by atoms with Crippen molar-refractivity contribution in [2.75, 3.05) is 76.1 Å². The van der Waals surface area contributed by atoms with Gasteiger partial charge >= 0.3 is 0 Å². The van der Waals surface area contributed by atoms with E-state index >= 15 is 0 Å². The molecule has 3 aliphatic heterocycles. The smallest absolute Gasteiger partial charge is 0.281 e. The number of halogens is 1. The molecule has 604 valence electrons. The average molecular weight is 1620 g/mol. The second kappa shape index (κ2) is 34.0. The van der Waals surface area contributed by atoms with Crippen molar-refractivity contribution in [2.45, 2.75) is 160 Å². The van der Waals surface area contributed by atoms with E-state index < -0.39 is 53.6 Å². The maximum atomic E-state index is 14.6. The van der Waals surface area contributed by atoms with Crippen molar-refractivity contribution in [3.05, 3.63) is 179 Å². The Hall–Kier alpha value is -11.0. The van der Waals surface area contributed by atoms with E-state index in [1.807, 2.05) is 57.2 Å². The molecule has 4 fully saturated rings. The summed E-state index contributed by atoms with van der Waals surface area (Å²) < 4.78 is 104. The lowest BCUT2D eigenvalue weighted by atomic mass is 9.73. The van der Waals surface area contributed by atoms with Gasteiger partial charge in [0, 0.05) is 84.0 Å². The molecule has 1 unspecified atom stereocenters. The molecule has 1 saturated carbocycles. The van der Waals surface area contributed by atoms with Crippen molar-refractivity contribution >= 4 is 88.5 Å². The van der Waals surface area contributed by atoms with Crippen LogP contribution in [-0.4, -0.2) is 139 Å². The van der Waals surface area contributed by atoms with Crippen LogP contribution in [0.15, 0.2) is 161 Å². The number of carbonyl (C=O) groups excluding carboxylic acids is 3. The maximum absolute atomic E-state index is 14.6. The zero-order valence-corrected chi connectivity index (χ0v) is 68.6. The lowest BCUT2D eigenvalue weighted by Crippen LogP contribution is -2.50. The number of aliphatic hydroxyl groups excluding tert-OH is 1. The van der Waals surface area contributed by atoms with Gasteiger partial charge in [0.2, 0.25) is 0 Å². The molecule has 2 aromatic carbocycles. The highest BCUT2D eigenvalue weighted by molar-refractivity contribution is 7.90. The predicted molar refractivity (Wildman–Crippen MR) is 439 cm³/mol. The zero-order chi connectivity index (χ0) is 82.6.